The lowest BCUT2D eigenvalue weighted by atomic mass is 10.0. The first-order valence-corrected chi connectivity index (χ1v) is 7.77. The summed E-state index contributed by atoms with van der Waals surface area (Å²) in [6, 6.07) is 13.9. The molecule has 2 unspecified atom stereocenters. The van der Waals surface area contributed by atoms with Gasteiger partial charge in [-0.25, -0.2) is 0 Å². The summed E-state index contributed by atoms with van der Waals surface area (Å²) < 4.78 is 5.44. The fraction of sp³-hybridized carbons (Fsp3) is 0.389. The van der Waals surface area contributed by atoms with Crippen molar-refractivity contribution in [1.29, 1.82) is 0 Å². The van der Waals surface area contributed by atoms with Crippen molar-refractivity contribution in [3.05, 3.63) is 48.0 Å². The van der Waals surface area contributed by atoms with Gasteiger partial charge >= 0.3 is 0 Å². The summed E-state index contributed by atoms with van der Waals surface area (Å²) in [7, 11) is 0. The summed E-state index contributed by atoms with van der Waals surface area (Å²) in [5.41, 5.74) is 0.816. The van der Waals surface area contributed by atoms with E-state index in [1.165, 1.54) is 0 Å². The molecule has 0 spiro atoms. The third-order valence-electron chi connectivity index (χ3n) is 4.09. The average Bonchev–Trinajstić information content (AvgIpc) is 3.05. The third-order valence-corrected chi connectivity index (χ3v) is 4.09. The zero-order valence-electron chi connectivity index (χ0n) is 12.5. The highest BCUT2D eigenvalue weighted by molar-refractivity contribution is 5.83. The van der Waals surface area contributed by atoms with Gasteiger partial charge in [-0.1, -0.05) is 36.4 Å². The monoisotopic (exact) mass is 299 g/mol. The van der Waals surface area contributed by atoms with E-state index < -0.39 is 6.10 Å². The predicted molar refractivity (Wildman–Crippen MR) is 85.5 cm³/mol. The standard InChI is InChI=1S/C18H21NO3/c20-17(12-19-18(21)11-16-6-3-9-22-16)15-8-7-13-4-1-2-5-14(13)10-15/h1-2,4-5,7-8,10,16-17,20H,3,6,9,11-12H2,(H,19,21). The molecule has 2 aromatic carbocycles. The van der Waals surface area contributed by atoms with E-state index >= 15 is 0 Å². The average molecular weight is 299 g/mol. The van der Waals surface area contributed by atoms with Gasteiger partial charge < -0.3 is 15.2 Å². The highest BCUT2D eigenvalue weighted by atomic mass is 16.5. The normalized spacial score (nSPS) is 19.2. The van der Waals surface area contributed by atoms with Crippen molar-refractivity contribution in [2.24, 2.45) is 0 Å². The molecule has 116 valence electrons. The molecule has 2 N–H and O–H groups in total. The Labute approximate surface area is 130 Å². The van der Waals surface area contributed by atoms with E-state index in [2.05, 4.69) is 5.32 Å². The molecular formula is C18H21NO3. The van der Waals surface area contributed by atoms with Gasteiger partial charge in [0, 0.05) is 13.2 Å². The zero-order valence-corrected chi connectivity index (χ0v) is 12.5. The van der Waals surface area contributed by atoms with E-state index in [9.17, 15) is 9.90 Å². The molecule has 0 aliphatic carbocycles. The van der Waals surface area contributed by atoms with Crippen LogP contribution in [0.15, 0.2) is 42.5 Å². The second-order valence-electron chi connectivity index (χ2n) is 5.77. The Hall–Kier alpha value is -1.91. The molecule has 1 aliphatic rings. The first-order chi connectivity index (χ1) is 10.7. The van der Waals surface area contributed by atoms with Crippen LogP contribution in [0.25, 0.3) is 10.8 Å². The van der Waals surface area contributed by atoms with E-state index in [1.54, 1.807) is 0 Å². The fourth-order valence-corrected chi connectivity index (χ4v) is 2.83. The van der Waals surface area contributed by atoms with Crippen molar-refractivity contribution in [3.63, 3.8) is 0 Å². The lowest BCUT2D eigenvalue weighted by Crippen LogP contribution is -2.30. The number of aliphatic hydroxyl groups is 1. The highest BCUT2D eigenvalue weighted by Crippen LogP contribution is 2.20. The van der Waals surface area contributed by atoms with Gasteiger partial charge in [-0.15, -0.1) is 0 Å². The fourth-order valence-electron chi connectivity index (χ4n) is 2.83. The van der Waals surface area contributed by atoms with Crippen molar-refractivity contribution in [2.75, 3.05) is 13.2 Å². The lowest BCUT2D eigenvalue weighted by Gasteiger charge is -2.14. The molecule has 1 aliphatic heterocycles. The van der Waals surface area contributed by atoms with Gasteiger partial charge in [0.2, 0.25) is 5.91 Å². The molecule has 3 rings (SSSR count). The second kappa shape index (κ2) is 6.90. The number of carbonyl (C=O) groups excluding carboxylic acids is 1. The molecule has 2 atom stereocenters. The number of carbonyl (C=O) groups is 1. The Kier molecular flexibility index (Phi) is 4.71. The van der Waals surface area contributed by atoms with Crippen molar-refractivity contribution in [2.45, 2.75) is 31.5 Å². The molecule has 0 radical (unpaired) electrons. The van der Waals surface area contributed by atoms with Gasteiger partial charge in [-0.05, 0) is 35.2 Å². The summed E-state index contributed by atoms with van der Waals surface area (Å²) in [5, 5.41) is 15.3. The van der Waals surface area contributed by atoms with Gasteiger partial charge in [-0.3, -0.25) is 4.79 Å². The number of amides is 1. The SMILES string of the molecule is O=C(CC1CCCO1)NCC(O)c1ccc2ccccc2c1. The first kappa shape index (κ1) is 15.0. The largest absolute Gasteiger partial charge is 0.387 e. The molecule has 0 aromatic heterocycles. The van der Waals surface area contributed by atoms with Gasteiger partial charge in [0.25, 0.3) is 0 Å². The minimum Gasteiger partial charge on any atom is -0.387 e. The van der Waals surface area contributed by atoms with Crippen molar-refractivity contribution >= 4 is 16.7 Å². The van der Waals surface area contributed by atoms with E-state index in [0.29, 0.717) is 6.42 Å². The molecule has 0 saturated carbocycles. The molecule has 0 bridgehead atoms. The Bertz CT molecular complexity index is 650. The number of ether oxygens (including phenoxy) is 1. The van der Waals surface area contributed by atoms with Crippen molar-refractivity contribution < 1.29 is 14.6 Å². The maximum absolute atomic E-state index is 11.8. The molecule has 4 heteroatoms. The summed E-state index contributed by atoms with van der Waals surface area (Å²) >= 11 is 0. The van der Waals surface area contributed by atoms with Crippen LogP contribution < -0.4 is 5.32 Å². The Morgan fingerprint density at radius 3 is 2.86 bits per heavy atom. The number of nitrogens with one attached hydrogen (secondary N) is 1. The number of benzene rings is 2. The van der Waals surface area contributed by atoms with Crippen LogP contribution in [0.5, 0.6) is 0 Å². The van der Waals surface area contributed by atoms with E-state index in [-0.39, 0.29) is 18.6 Å². The number of hydrogen-bond acceptors (Lipinski definition) is 3. The number of aliphatic hydroxyl groups excluding tert-OH is 1. The van der Waals surface area contributed by atoms with Gasteiger partial charge in [-0.2, -0.15) is 0 Å². The van der Waals surface area contributed by atoms with Crippen LogP contribution in [0, 0.1) is 0 Å². The van der Waals surface area contributed by atoms with Crippen LogP contribution in [0.2, 0.25) is 0 Å². The van der Waals surface area contributed by atoms with Crippen LogP contribution in [-0.4, -0.2) is 30.3 Å². The van der Waals surface area contributed by atoms with Crippen LogP contribution in [0.1, 0.15) is 30.9 Å². The molecule has 1 amide bonds. The summed E-state index contributed by atoms with van der Waals surface area (Å²) in [6.07, 6.45) is 1.69. The summed E-state index contributed by atoms with van der Waals surface area (Å²) in [5.74, 6) is -0.0632. The molecule has 22 heavy (non-hydrogen) atoms. The minimum atomic E-state index is -0.696. The number of rotatable bonds is 5. The van der Waals surface area contributed by atoms with Gasteiger partial charge in [0.15, 0.2) is 0 Å². The van der Waals surface area contributed by atoms with Crippen molar-refractivity contribution in [3.8, 4) is 0 Å². The van der Waals surface area contributed by atoms with Crippen molar-refractivity contribution in [1.82, 2.24) is 5.32 Å². The van der Waals surface area contributed by atoms with Gasteiger partial charge in [0.05, 0.1) is 18.6 Å². The van der Waals surface area contributed by atoms with Crippen LogP contribution in [0.4, 0.5) is 0 Å². The first-order valence-electron chi connectivity index (χ1n) is 7.77. The number of hydrogen-bond donors (Lipinski definition) is 2. The molecule has 1 saturated heterocycles. The van der Waals surface area contributed by atoms with Gasteiger partial charge in [0.1, 0.15) is 0 Å². The zero-order chi connectivity index (χ0) is 15.4. The maximum atomic E-state index is 11.8. The van der Waals surface area contributed by atoms with Crippen LogP contribution in [-0.2, 0) is 9.53 Å². The van der Waals surface area contributed by atoms with E-state index in [4.69, 9.17) is 4.74 Å². The predicted octanol–water partition coefficient (Wildman–Crippen LogP) is 2.56. The summed E-state index contributed by atoms with van der Waals surface area (Å²) in [4.78, 5) is 11.8. The molecule has 1 heterocycles. The molecular weight excluding hydrogens is 278 g/mol. The second-order valence-corrected chi connectivity index (χ2v) is 5.77. The van der Waals surface area contributed by atoms with E-state index in [0.717, 1.165) is 35.8 Å². The molecule has 2 aromatic rings. The Morgan fingerprint density at radius 1 is 1.27 bits per heavy atom. The minimum absolute atomic E-state index is 0.0396. The Balaban J connectivity index is 1.55. The van der Waals surface area contributed by atoms with Crippen LogP contribution in [0.3, 0.4) is 0 Å². The maximum Gasteiger partial charge on any atom is 0.222 e. The van der Waals surface area contributed by atoms with Crippen LogP contribution >= 0.6 is 0 Å². The lowest BCUT2D eigenvalue weighted by molar-refractivity contribution is -0.123. The van der Waals surface area contributed by atoms with E-state index in [1.807, 2.05) is 42.5 Å². The Morgan fingerprint density at radius 2 is 2.09 bits per heavy atom. The smallest absolute Gasteiger partial charge is 0.222 e. The third kappa shape index (κ3) is 3.64. The molecule has 1 fully saturated rings. The topological polar surface area (TPSA) is 58.6 Å². The highest BCUT2D eigenvalue weighted by Gasteiger charge is 2.19. The quantitative estimate of drug-likeness (QED) is 0.892. The molecule has 4 nitrogen and oxygen atoms in total. The summed E-state index contributed by atoms with van der Waals surface area (Å²) in [6.45, 7) is 0.974. The number of fused-ring (bicyclic) bond motifs is 1.